The molecule has 0 saturated heterocycles. The normalized spacial score (nSPS) is 16.5. The van der Waals surface area contributed by atoms with E-state index >= 15 is 0 Å². The van der Waals surface area contributed by atoms with E-state index in [1.807, 2.05) is 12.1 Å². The first-order valence-electron chi connectivity index (χ1n) is 6.73. The molecule has 108 valence electrons. The van der Waals surface area contributed by atoms with Crippen LogP contribution in [0.4, 0.5) is 0 Å². The maximum absolute atomic E-state index is 5.96. The van der Waals surface area contributed by atoms with E-state index in [2.05, 4.69) is 17.4 Å². The first-order valence-corrected chi connectivity index (χ1v) is 7.10. The van der Waals surface area contributed by atoms with Crippen LogP contribution >= 0.6 is 24.0 Å². The van der Waals surface area contributed by atoms with Crippen LogP contribution in [0.1, 0.15) is 31.2 Å². The summed E-state index contributed by atoms with van der Waals surface area (Å²) in [4.78, 5) is 0. The molecular weight excluding hydrogens is 281 g/mol. The van der Waals surface area contributed by atoms with Crippen LogP contribution in [0.3, 0.4) is 0 Å². The fraction of sp³-hybridized carbons (Fsp3) is 0.600. The Morgan fingerprint density at radius 1 is 1.21 bits per heavy atom. The molecule has 1 aliphatic rings. The number of halogens is 2. The summed E-state index contributed by atoms with van der Waals surface area (Å²) < 4.78 is 5.03. The van der Waals surface area contributed by atoms with Crippen molar-refractivity contribution in [3.8, 4) is 0 Å². The van der Waals surface area contributed by atoms with Crippen molar-refractivity contribution >= 4 is 24.0 Å². The molecule has 0 aliphatic heterocycles. The molecule has 1 saturated carbocycles. The number of ether oxygens (including phenoxy) is 1. The van der Waals surface area contributed by atoms with Crippen molar-refractivity contribution < 1.29 is 4.74 Å². The van der Waals surface area contributed by atoms with Gasteiger partial charge in [-0.2, -0.15) is 0 Å². The SMILES string of the molecule is COCCNCCC1(c2ccc(Cl)cc2)CCC1.Cl. The van der Waals surface area contributed by atoms with Gasteiger partial charge in [-0.15, -0.1) is 12.4 Å². The third kappa shape index (κ3) is 4.35. The molecule has 0 atom stereocenters. The zero-order chi connectivity index (χ0) is 12.8. The van der Waals surface area contributed by atoms with Crippen LogP contribution in [0.5, 0.6) is 0 Å². The van der Waals surface area contributed by atoms with Gasteiger partial charge in [0.1, 0.15) is 0 Å². The molecule has 0 heterocycles. The Morgan fingerprint density at radius 3 is 2.42 bits per heavy atom. The number of nitrogens with one attached hydrogen (secondary N) is 1. The largest absolute Gasteiger partial charge is 0.383 e. The van der Waals surface area contributed by atoms with Crippen molar-refractivity contribution in [2.75, 3.05) is 26.8 Å². The molecule has 1 aromatic rings. The highest BCUT2D eigenvalue weighted by Crippen LogP contribution is 2.46. The van der Waals surface area contributed by atoms with Gasteiger partial charge in [0.25, 0.3) is 0 Å². The van der Waals surface area contributed by atoms with E-state index in [1.54, 1.807) is 7.11 Å². The molecule has 0 aromatic heterocycles. The molecule has 2 rings (SSSR count). The van der Waals surface area contributed by atoms with E-state index in [1.165, 1.54) is 31.2 Å². The quantitative estimate of drug-likeness (QED) is 0.773. The smallest absolute Gasteiger partial charge is 0.0587 e. The summed E-state index contributed by atoms with van der Waals surface area (Å²) in [6.45, 7) is 2.78. The van der Waals surface area contributed by atoms with Crippen molar-refractivity contribution in [3.63, 3.8) is 0 Å². The number of methoxy groups -OCH3 is 1. The summed E-state index contributed by atoms with van der Waals surface area (Å²) in [7, 11) is 1.74. The highest BCUT2D eigenvalue weighted by molar-refractivity contribution is 6.30. The van der Waals surface area contributed by atoms with Gasteiger partial charge in [0.2, 0.25) is 0 Å². The lowest BCUT2D eigenvalue weighted by molar-refractivity contribution is 0.191. The van der Waals surface area contributed by atoms with Gasteiger partial charge in [-0.05, 0) is 48.9 Å². The van der Waals surface area contributed by atoms with Crippen molar-refractivity contribution in [2.24, 2.45) is 0 Å². The monoisotopic (exact) mass is 303 g/mol. The molecule has 0 spiro atoms. The molecule has 1 fully saturated rings. The van der Waals surface area contributed by atoms with E-state index in [0.29, 0.717) is 5.41 Å². The minimum Gasteiger partial charge on any atom is -0.383 e. The zero-order valence-corrected chi connectivity index (χ0v) is 13.0. The summed E-state index contributed by atoms with van der Waals surface area (Å²) in [5, 5.41) is 4.27. The lowest BCUT2D eigenvalue weighted by atomic mass is 9.62. The van der Waals surface area contributed by atoms with Gasteiger partial charge >= 0.3 is 0 Å². The van der Waals surface area contributed by atoms with Gasteiger partial charge in [-0.25, -0.2) is 0 Å². The molecule has 4 heteroatoms. The summed E-state index contributed by atoms with van der Waals surface area (Å²) in [6.07, 6.45) is 5.17. The second-order valence-corrected chi connectivity index (χ2v) is 5.57. The summed E-state index contributed by atoms with van der Waals surface area (Å²) in [6, 6.07) is 8.40. The van der Waals surface area contributed by atoms with Crippen LogP contribution in [-0.2, 0) is 10.2 Å². The third-order valence-corrected chi connectivity index (χ3v) is 4.28. The Hall–Kier alpha value is -0.280. The van der Waals surface area contributed by atoms with Crippen molar-refractivity contribution in [1.82, 2.24) is 5.32 Å². The Labute approximate surface area is 127 Å². The summed E-state index contributed by atoms with van der Waals surface area (Å²) in [5.41, 5.74) is 1.84. The van der Waals surface area contributed by atoms with Gasteiger partial charge in [0.15, 0.2) is 0 Å². The number of hydrogen-bond donors (Lipinski definition) is 1. The van der Waals surface area contributed by atoms with Gasteiger partial charge in [0, 0.05) is 18.7 Å². The van der Waals surface area contributed by atoms with Crippen LogP contribution in [-0.4, -0.2) is 26.8 Å². The van der Waals surface area contributed by atoms with E-state index in [9.17, 15) is 0 Å². The van der Waals surface area contributed by atoms with Crippen LogP contribution in [0.15, 0.2) is 24.3 Å². The second-order valence-electron chi connectivity index (χ2n) is 5.13. The summed E-state index contributed by atoms with van der Waals surface area (Å²) in [5.74, 6) is 0. The van der Waals surface area contributed by atoms with Gasteiger partial charge in [0.05, 0.1) is 6.61 Å². The molecule has 1 aromatic carbocycles. The Balaban J connectivity index is 0.00000180. The van der Waals surface area contributed by atoms with Crippen molar-refractivity contribution in [1.29, 1.82) is 0 Å². The maximum Gasteiger partial charge on any atom is 0.0587 e. The molecular formula is C15H23Cl2NO. The van der Waals surface area contributed by atoms with E-state index < -0.39 is 0 Å². The van der Waals surface area contributed by atoms with Gasteiger partial charge < -0.3 is 10.1 Å². The van der Waals surface area contributed by atoms with E-state index in [0.717, 1.165) is 24.7 Å². The minimum atomic E-state index is 0. The standard InChI is InChI=1S/C15H22ClNO.ClH/c1-18-12-11-17-10-9-15(7-2-8-15)13-3-5-14(16)6-4-13;/h3-6,17H,2,7-12H2,1H3;1H. The Kier molecular flexibility index (Phi) is 7.16. The second kappa shape index (κ2) is 8.11. The predicted molar refractivity (Wildman–Crippen MR) is 83.6 cm³/mol. The average molecular weight is 304 g/mol. The topological polar surface area (TPSA) is 21.3 Å². The zero-order valence-electron chi connectivity index (χ0n) is 11.5. The lowest BCUT2D eigenvalue weighted by Gasteiger charge is -2.43. The van der Waals surface area contributed by atoms with Crippen LogP contribution in [0.2, 0.25) is 5.02 Å². The highest BCUT2D eigenvalue weighted by atomic mass is 35.5. The number of benzene rings is 1. The predicted octanol–water partition coefficient (Wildman–Crippen LogP) is 3.81. The maximum atomic E-state index is 5.96. The van der Waals surface area contributed by atoms with Crippen molar-refractivity contribution in [2.45, 2.75) is 31.1 Å². The molecule has 0 amide bonds. The first-order chi connectivity index (χ1) is 8.77. The summed E-state index contributed by atoms with van der Waals surface area (Å²) >= 11 is 5.96. The fourth-order valence-corrected chi connectivity index (χ4v) is 2.84. The number of hydrogen-bond acceptors (Lipinski definition) is 2. The van der Waals surface area contributed by atoms with Crippen LogP contribution < -0.4 is 5.32 Å². The molecule has 0 bridgehead atoms. The van der Waals surface area contributed by atoms with Crippen LogP contribution in [0.25, 0.3) is 0 Å². The van der Waals surface area contributed by atoms with E-state index in [4.69, 9.17) is 16.3 Å². The molecule has 0 unspecified atom stereocenters. The molecule has 2 nitrogen and oxygen atoms in total. The minimum absolute atomic E-state index is 0. The molecule has 1 aliphatic carbocycles. The average Bonchev–Trinajstić information content (AvgIpc) is 2.33. The van der Waals surface area contributed by atoms with Gasteiger partial charge in [-0.3, -0.25) is 0 Å². The first kappa shape index (κ1) is 16.8. The molecule has 1 N–H and O–H groups in total. The van der Waals surface area contributed by atoms with Crippen LogP contribution in [0, 0.1) is 0 Å². The fourth-order valence-electron chi connectivity index (χ4n) is 2.72. The highest BCUT2D eigenvalue weighted by Gasteiger charge is 2.37. The number of rotatable bonds is 7. The van der Waals surface area contributed by atoms with Crippen molar-refractivity contribution in [3.05, 3.63) is 34.9 Å². The van der Waals surface area contributed by atoms with Gasteiger partial charge in [-0.1, -0.05) is 30.2 Å². The van der Waals surface area contributed by atoms with E-state index in [-0.39, 0.29) is 12.4 Å². The Morgan fingerprint density at radius 2 is 1.89 bits per heavy atom. The molecule has 19 heavy (non-hydrogen) atoms. The lowest BCUT2D eigenvalue weighted by Crippen LogP contribution is -2.37. The third-order valence-electron chi connectivity index (χ3n) is 4.03. The molecule has 0 radical (unpaired) electrons. The Bertz CT molecular complexity index is 363.